The Kier molecular flexibility index (Phi) is 4.42. The minimum atomic E-state index is -0.152. The molecule has 0 spiro atoms. The van der Waals surface area contributed by atoms with Crippen LogP contribution in [0.5, 0.6) is 5.75 Å². The molecule has 0 saturated carbocycles. The molecule has 0 radical (unpaired) electrons. The standard InChI is InChI=1S/C19H19N3O2/c1-12-5-4-6-15(21-12)11-20-19(23)17-9-14-7-8-16(24-3)10-18(14)22-13(17)2/h4-10H,11H2,1-3H3,(H,20,23). The smallest absolute Gasteiger partial charge is 0.253 e. The molecule has 1 aromatic carbocycles. The topological polar surface area (TPSA) is 64.1 Å². The summed E-state index contributed by atoms with van der Waals surface area (Å²) < 4.78 is 5.21. The van der Waals surface area contributed by atoms with E-state index in [-0.39, 0.29) is 5.91 Å². The van der Waals surface area contributed by atoms with Crippen molar-refractivity contribution < 1.29 is 9.53 Å². The van der Waals surface area contributed by atoms with Crippen molar-refractivity contribution in [1.29, 1.82) is 0 Å². The van der Waals surface area contributed by atoms with E-state index in [1.54, 1.807) is 7.11 Å². The second-order valence-electron chi connectivity index (χ2n) is 5.63. The Hall–Kier alpha value is -2.95. The van der Waals surface area contributed by atoms with Crippen LogP contribution < -0.4 is 10.1 Å². The number of methoxy groups -OCH3 is 1. The second-order valence-corrected chi connectivity index (χ2v) is 5.63. The van der Waals surface area contributed by atoms with Gasteiger partial charge in [-0.05, 0) is 44.2 Å². The number of carbonyl (C=O) groups excluding carboxylic acids is 1. The first-order chi connectivity index (χ1) is 11.6. The number of nitrogens with one attached hydrogen (secondary N) is 1. The maximum atomic E-state index is 12.5. The van der Waals surface area contributed by atoms with Gasteiger partial charge in [0, 0.05) is 17.1 Å². The Bertz CT molecular complexity index is 906. The predicted octanol–water partition coefficient (Wildman–Crippen LogP) is 3.19. The maximum absolute atomic E-state index is 12.5. The molecule has 24 heavy (non-hydrogen) atoms. The van der Waals surface area contributed by atoms with Crippen LogP contribution in [0.1, 0.15) is 27.4 Å². The molecule has 0 fully saturated rings. The highest BCUT2D eigenvalue weighted by atomic mass is 16.5. The maximum Gasteiger partial charge on any atom is 0.253 e. The van der Waals surface area contributed by atoms with E-state index in [1.165, 1.54) is 0 Å². The minimum absolute atomic E-state index is 0.152. The SMILES string of the molecule is COc1ccc2cc(C(=O)NCc3cccc(C)n3)c(C)nc2c1. The van der Waals surface area contributed by atoms with Gasteiger partial charge in [0.15, 0.2) is 0 Å². The number of aromatic nitrogens is 2. The first-order valence-electron chi connectivity index (χ1n) is 7.73. The van der Waals surface area contributed by atoms with Crippen LogP contribution in [0.4, 0.5) is 0 Å². The molecule has 0 saturated heterocycles. The fourth-order valence-corrected chi connectivity index (χ4v) is 2.56. The quantitative estimate of drug-likeness (QED) is 0.801. The summed E-state index contributed by atoms with van der Waals surface area (Å²) in [5.41, 5.74) is 3.83. The van der Waals surface area contributed by atoms with Gasteiger partial charge in [0.1, 0.15) is 5.75 Å². The van der Waals surface area contributed by atoms with Gasteiger partial charge in [-0.3, -0.25) is 14.8 Å². The summed E-state index contributed by atoms with van der Waals surface area (Å²) in [5, 5.41) is 3.81. The largest absolute Gasteiger partial charge is 0.497 e. The number of carbonyl (C=O) groups is 1. The zero-order valence-electron chi connectivity index (χ0n) is 14.0. The first-order valence-corrected chi connectivity index (χ1v) is 7.73. The second kappa shape index (κ2) is 6.66. The van der Waals surface area contributed by atoms with E-state index < -0.39 is 0 Å². The lowest BCUT2D eigenvalue weighted by Gasteiger charge is -2.09. The number of nitrogens with zero attached hydrogens (tertiary/aromatic N) is 2. The molecule has 3 aromatic rings. The third-order valence-electron chi connectivity index (χ3n) is 3.84. The third-order valence-corrected chi connectivity index (χ3v) is 3.84. The van der Waals surface area contributed by atoms with Gasteiger partial charge in [-0.1, -0.05) is 6.07 Å². The molecular weight excluding hydrogens is 302 g/mol. The van der Waals surface area contributed by atoms with Crippen molar-refractivity contribution in [3.63, 3.8) is 0 Å². The van der Waals surface area contributed by atoms with Gasteiger partial charge in [0.2, 0.25) is 0 Å². The molecule has 5 nitrogen and oxygen atoms in total. The Morgan fingerprint density at radius 2 is 1.96 bits per heavy atom. The molecule has 122 valence electrons. The lowest BCUT2D eigenvalue weighted by molar-refractivity contribution is 0.0949. The minimum Gasteiger partial charge on any atom is -0.497 e. The fraction of sp³-hybridized carbons (Fsp3) is 0.211. The molecule has 1 amide bonds. The van der Waals surface area contributed by atoms with Gasteiger partial charge >= 0.3 is 0 Å². The number of pyridine rings is 2. The molecular formula is C19H19N3O2. The molecule has 2 heterocycles. The number of aryl methyl sites for hydroxylation is 2. The van der Waals surface area contributed by atoms with Crippen LogP contribution in [0.2, 0.25) is 0 Å². The van der Waals surface area contributed by atoms with Gasteiger partial charge in [0.05, 0.1) is 36.1 Å². The predicted molar refractivity (Wildman–Crippen MR) is 93.2 cm³/mol. The van der Waals surface area contributed by atoms with Gasteiger partial charge < -0.3 is 10.1 Å². The number of fused-ring (bicyclic) bond motifs is 1. The summed E-state index contributed by atoms with van der Waals surface area (Å²) in [4.78, 5) is 21.4. The van der Waals surface area contributed by atoms with Crippen LogP contribution in [-0.2, 0) is 6.54 Å². The van der Waals surface area contributed by atoms with Crippen LogP contribution in [0.3, 0.4) is 0 Å². The number of hydrogen-bond acceptors (Lipinski definition) is 4. The zero-order valence-corrected chi connectivity index (χ0v) is 14.0. The number of rotatable bonds is 4. The van der Waals surface area contributed by atoms with Crippen LogP contribution in [0.15, 0.2) is 42.5 Å². The fourth-order valence-electron chi connectivity index (χ4n) is 2.56. The number of ether oxygens (including phenoxy) is 1. The third kappa shape index (κ3) is 3.35. The van der Waals surface area contributed by atoms with Crippen molar-refractivity contribution in [2.75, 3.05) is 7.11 Å². The zero-order chi connectivity index (χ0) is 17.1. The van der Waals surface area contributed by atoms with Crippen molar-refractivity contribution in [2.45, 2.75) is 20.4 Å². The average molecular weight is 321 g/mol. The Balaban J connectivity index is 1.82. The lowest BCUT2D eigenvalue weighted by Crippen LogP contribution is -2.24. The van der Waals surface area contributed by atoms with E-state index in [4.69, 9.17) is 4.74 Å². The number of amides is 1. The van der Waals surface area contributed by atoms with Crippen LogP contribution in [-0.4, -0.2) is 23.0 Å². The summed E-state index contributed by atoms with van der Waals surface area (Å²) in [7, 11) is 1.62. The highest BCUT2D eigenvalue weighted by Crippen LogP contribution is 2.21. The molecule has 0 aliphatic carbocycles. The molecule has 0 bridgehead atoms. The van der Waals surface area contributed by atoms with Crippen molar-refractivity contribution in [1.82, 2.24) is 15.3 Å². The van der Waals surface area contributed by atoms with E-state index >= 15 is 0 Å². The van der Waals surface area contributed by atoms with Gasteiger partial charge in [-0.15, -0.1) is 0 Å². The Morgan fingerprint density at radius 3 is 2.71 bits per heavy atom. The van der Waals surface area contributed by atoms with Crippen molar-refractivity contribution in [3.8, 4) is 5.75 Å². The summed E-state index contributed by atoms with van der Waals surface area (Å²) in [5.74, 6) is 0.596. The summed E-state index contributed by atoms with van der Waals surface area (Å²) in [6.07, 6.45) is 0. The van der Waals surface area contributed by atoms with Crippen LogP contribution >= 0.6 is 0 Å². The monoisotopic (exact) mass is 321 g/mol. The van der Waals surface area contributed by atoms with E-state index in [0.29, 0.717) is 17.8 Å². The van der Waals surface area contributed by atoms with E-state index in [2.05, 4.69) is 15.3 Å². The highest BCUT2D eigenvalue weighted by molar-refractivity contribution is 5.98. The molecule has 0 aliphatic rings. The van der Waals surface area contributed by atoms with Crippen molar-refractivity contribution >= 4 is 16.8 Å². The van der Waals surface area contributed by atoms with Crippen LogP contribution in [0, 0.1) is 13.8 Å². The molecule has 0 unspecified atom stereocenters. The van der Waals surface area contributed by atoms with Crippen molar-refractivity contribution in [2.24, 2.45) is 0 Å². The van der Waals surface area contributed by atoms with Crippen molar-refractivity contribution in [3.05, 3.63) is 65.1 Å². The first kappa shape index (κ1) is 15.9. The summed E-state index contributed by atoms with van der Waals surface area (Å²) >= 11 is 0. The van der Waals surface area contributed by atoms with Gasteiger partial charge in [-0.2, -0.15) is 0 Å². The molecule has 1 N–H and O–H groups in total. The molecule has 3 rings (SSSR count). The van der Waals surface area contributed by atoms with E-state index in [0.717, 1.165) is 28.0 Å². The van der Waals surface area contributed by atoms with Gasteiger partial charge in [-0.25, -0.2) is 0 Å². The molecule has 5 heteroatoms. The van der Waals surface area contributed by atoms with Gasteiger partial charge in [0.25, 0.3) is 5.91 Å². The van der Waals surface area contributed by atoms with E-state index in [9.17, 15) is 4.79 Å². The van der Waals surface area contributed by atoms with E-state index in [1.807, 2.05) is 56.3 Å². The number of benzene rings is 1. The summed E-state index contributed by atoms with van der Waals surface area (Å²) in [6, 6.07) is 13.2. The highest BCUT2D eigenvalue weighted by Gasteiger charge is 2.12. The molecule has 0 aliphatic heterocycles. The summed E-state index contributed by atoms with van der Waals surface area (Å²) in [6.45, 7) is 4.15. The Labute approximate surface area is 140 Å². The number of hydrogen-bond donors (Lipinski definition) is 1. The molecule has 0 atom stereocenters. The lowest BCUT2D eigenvalue weighted by atomic mass is 10.1. The molecule has 2 aromatic heterocycles. The average Bonchev–Trinajstić information content (AvgIpc) is 2.58. The van der Waals surface area contributed by atoms with Crippen LogP contribution in [0.25, 0.3) is 10.9 Å². The normalized spacial score (nSPS) is 10.6. The Morgan fingerprint density at radius 1 is 1.12 bits per heavy atom.